The number of hydrogen-bond acceptors (Lipinski definition) is 1. The van der Waals surface area contributed by atoms with Crippen LogP contribution < -0.4 is 4.98 Å². The molecule has 0 atom stereocenters. The topological polar surface area (TPSA) is 14.1 Å². The second-order valence-corrected chi connectivity index (χ2v) is 4.78. The lowest BCUT2D eigenvalue weighted by molar-refractivity contribution is -0.378. The van der Waals surface area contributed by atoms with Crippen molar-refractivity contribution in [2.45, 2.75) is 20.3 Å². The molecule has 0 aliphatic rings. The first-order valence-corrected chi connectivity index (χ1v) is 5.97. The first-order valence-electron chi connectivity index (χ1n) is 4.82. The summed E-state index contributed by atoms with van der Waals surface area (Å²) in [6.07, 6.45) is 5.16. The Labute approximate surface area is 85.0 Å². The summed E-state index contributed by atoms with van der Waals surface area (Å²) in [6.45, 7) is 4.54. The number of aromatic nitrogens is 1. The van der Waals surface area contributed by atoms with Gasteiger partial charge in [-0.1, -0.05) is 13.8 Å². The van der Waals surface area contributed by atoms with Crippen LogP contribution in [0.15, 0.2) is 24.5 Å². The maximum Gasteiger partial charge on any atom is 0.167 e. The second kappa shape index (κ2) is 6.03. The predicted molar refractivity (Wildman–Crippen MR) is 58.9 cm³/mol. The van der Waals surface area contributed by atoms with E-state index >= 15 is 0 Å². The van der Waals surface area contributed by atoms with Crippen LogP contribution in [0.25, 0.3) is 0 Å². The molecule has 0 saturated carbocycles. The van der Waals surface area contributed by atoms with E-state index in [-0.39, 0.29) is 0 Å². The molecular weight excluding hydrogens is 178 g/mol. The third-order valence-corrected chi connectivity index (χ3v) is 3.17. The molecule has 13 heavy (non-hydrogen) atoms. The Morgan fingerprint density at radius 1 is 1.31 bits per heavy atom. The zero-order valence-electron chi connectivity index (χ0n) is 8.42. The minimum atomic E-state index is 0.814. The number of aryl methyl sites for hydroxylation is 1. The molecule has 1 heterocycles. The minimum Gasteiger partial charge on any atom is -0.218 e. The fraction of sp³-hybridized carbons (Fsp3) is 0.545. The summed E-state index contributed by atoms with van der Waals surface area (Å²) in [6, 6.07) is 4.30. The lowest BCUT2D eigenvalue weighted by Crippen LogP contribution is -2.00. The van der Waals surface area contributed by atoms with Gasteiger partial charge in [-0.15, -0.1) is 0 Å². The molecule has 1 nitrogen and oxygen atoms in total. The number of aromatic amines is 1. The smallest absolute Gasteiger partial charge is 0.167 e. The molecule has 0 radical (unpaired) electrons. The second-order valence-electron chi connectivity index (χ2n) is 3.63. The van der Waals surface area contributed by atoms with Gasteiger partial charge in [0.2, 0.25) is 0 Å². The highest BCUT2D eigenvalue weighted by Crippen LogP contribution is 2.09. The molecule has 0 saturated heterocycles. The lowest BCUT2D eigenvalue weighted by atomic mass is 10.2. The van der Waals surface area contributed by atoms with Crippen LogP contribution in [0.1, 0.15) is 19.4 Å². The molecule has 0 amide bonds. The van der Waals surface area contributed by atoms with Crippen molar-refractivity contribution in [2.24, 2.45) is 5.92 Å². The van der Waals surface area contributed by atoms with Crippen molar-refractivity contribution >= 4 is 11.8 Å². The Morgan fingerprint density at radius 2 is 2.00 bits per heavy atom. The van der Waals surface area contributed by atoms with Crippen molar-refractivity contribution in [1.29, 1.82) is 0 Å². The average molecular weight is 196 g/mol. The number of thioether (sulfide) groups is 1. The van der Waals surface area contributed by atoms with Crippen LogP contribution in [0, 0.1) is 5.92 Å². The Morgan fingerprint density at radius 3 is 2.62 bits per heavy atom. The maximum atomic E-state index is 3.03. The van der Waals surface area contributed by atoms with Gasteiger partial charge < -0.3 is 0 Å². The Kier molecular flexibility index (Phi) is 4.91. The van der Waals surface area contributed by atoms with Crippen LogP contribution in [0.4, 0.5) is 0 Å². The van der Waals surface area contributed by atoms with Gasteiger partial charge in [0.05, 0.1) is 0 Å². The van der Waals surface area contributed by atoms with Crippen LogP contribution in [-0.4, -0.2) is 11.5 Å². The van der Waals surface area contributed by atoms with Gasteiger partial charge in [0.15, 0.2) is 12.4 Å². The largest absolute Gasteiger partial charge is 0.218 e. The molecule has 72 valence electrons. The number of rotatable bonds is 5. The Bertz CT molecular complexity index is 221. The number of nitrogens with one attached hydrogen (secondary N) is 1. The monoisotopic (exact) mass is 196 g/mol. The van der Waals surface area contributed by atoms with Crippen molar-refractivity contribution in [3.05, 3.63) is 30.1 Å². The summed E-state index contributed by atoms with van der Waals surface area (Å²) in [5.41, 5.74) is 1.43. The highest BCUT2D eigenvalue weighted by Gasteiger charge is 1.96. The van der Waals surface area contributed by atoms with Gasteiger partial charge in [0, 0.05) is 12.1 Å². The summed E-state index contributed by atoms with van der Waals surface area (Å²) in [7, 11) is 0. The molecule has 0 fully saturated rings. The summed E-state index contributed by atoms with van der Waals surface area (Å²) < 4.78 is 0. The number of H-pyrrole nitrogens is 1. The van der Waals surface area contributed by atoms with Crippen molar-refractivity contribution in [1.82, 2.24) is 0 Å². The summed E-state index contributed by atoms with van der Waals surface area (Å²) in [4.78, 5) is 3.03. The van der Waals surface area contributed by atoms with Crippen molar-refractivity contribution < 1.29 is 4.98 Å². The maximum absolute atomic E-state index is 3.03. The molecule has 0 unspecified atom stereocenters. The molecule has 1 N–H and O–H groups in total. The zero-order valence-corrected chi connectivity index (χ0v) is 9.23. The molecule has 0 bridgehead atoms. The Hall–Kier alpha value is -0.500. The fourth-order valence-corrected chi connectivity index (χ4v) is 2.12. The minimum absolute atomic E-state index is 0.814. The van der Waals surface area contributed by atoms with Crippen LogP contribution >= 0.6 is 11.8 Å². The highest BCUT2D eigenvalue weighted by atomic mass is 32.2. The van der Waals surface area contributed by atoms with E-state index in [1.807, 2.05) is 24.2 Å². The zero-order chi connectivity index (χ0) is 9.52. The van der Waals surface area contributed by atoms with Crippen LogP contribution in [0.3, 0.4) is 0 Å². The van der Waals surface area contributed by atoms with E-state index < -0.39 is 0 Å². The normalized spacial score (nSPS) is 10.7. The molecule has 2 heteroatoms. The molecule has 0 aliphatic heterocycles. The predicted octanol–water partition coefficient (Wildman–Crippen LogP) is 2.43. The third kappa shape index (κ3) is 4.94. The highest BCUT2D eigenvalue weighted by molar-refractivity contribution is 7.99. The van der Waals surface area contributed by atoms with Crippen LogP contribution in [0.2, 0.25) is 0 Å². The van der Waals surface area contributed by atoms with E-state index in [0.29, 0.717) is 0 Å². The molecule has 0 aliphatic carbocycles. The van der Waals surface area contributed by atoms with E-state index in [9.17, 15) is 0 Å². The van der Waals surface area contributed by atoms with E-state index in [4.69, 9.17) is 0 Å². The van der Waals surface area contributed by atoms with Gasteiger partial charge in [-0.3, -0.25) is 0 Å². The van der Waals surface area contributed by atoms with Gasteiger partial charge in [0.1, 0.15) is 0 Å². The van der Waals surface area contributed by atoms with Crippen molar-refractivity contribution in [3.63, 3.8) is 0 Å². The Balaban J connectivity index is 2.13. The number of pyridine rings is 1. The number of hydrogen-bond donors (Lipinski definition) is 0. The SMILES string of the molecule is CC(C)CSCCc1cc[nH+]cc1. The van der Waals surface area contributed by atoms with Gasteiger partial charge in [-0.25, -0.2) is 4.98 Å². The molecule has 1 aromatic heterocycles. The molecular formula is C11H18NS+. The molecule has 0 aromatic carbocycles. The van der Waals surface area contributed by atoms with E-state index in [0.717, 1.165) is 5.92 Å². The lowest BCUT2D eigenvalue weighted by Gasteiger charge is -2.03. The summed E-state index contributed by atoms with van der Waals surface area (Å²) >= 11 is 2.05. The van der Waals surface area contributed by atoms with Crippen molar-refractivity contribution in [3.8, 4) is 0 Å². The molecule has 1 aromatic rings. The quantitative estimate of drug-likeness (QED) is 0.660. The van der Waals surface area contributed by atoms with Gasteiger partial charge in [-0.05, 0) is 29.4 Å². The van der Waals surface area contributed by atoms with E-state index in [1.54, 1.807) is 0 Å². The van der Waals surface area contributed by atoms with Gasteiger partial charge in [-0.2, -0.15) is 11.8 Å². The van der Waals surface area contributed by atoms with Gasteiger partial charge >= 0.3 is 0 Å². The molecule has 1 rings (SSSR count). The summed E-state index contributed by atoms with van der Waals surface area (Å²) in [5.74, 6) is 3.33. The van der Waals surface area contributed by atoms with E-state index in [2.05, 4.69) is 31.0 Å². The van der Waals surface area contributed by atoms with E-state index in [1.165, 1.54) is 23.5 Å². The average Bonchev–Trinajstić information content (AvgIpc) is 2.14. The first-order chi connectivity index (χ1) is 6.29. The standard InChI is InChI=1S/C11H17NS/c1-10(2)9-13-8-5-11-3-6-12-7-4-11/h3-4,6-7,10H,5,8-9H2,1-2H3/p+1. The van der Waals surface area contributed by atoms with Crippen molar-refractivity contribution in [2.75, 3.05) is 11.5 Å². The van der Waals surface area contributed by atoms with Gasteiger partial charge in [0.25, 0.3) is 0 Å². The summed E-state index contributed by atoms with van der Waals surface area (Å²) in [5, 5.41) is 0. The fourth-order valence-electron chi connectivity index (χ4n) is 1.10. The van der Waals surface area contributed by atoms with Crippen LogP contribution in [-0.2, 0) is 6.42 Å². The first kappa shape index (κ1) is 10.6. The third-order valence-electron chi connectivity index (χ3n) is 1.77. The molecule has 0 spiro atoms. The van der Waals surface area contributed by atoms with Crippen LogP contribution in [0.5, 0.6) is 0 Å².